The summed E-state index contributed by atoms with van der Waals surface area (Å²) in [6, 6.07) is 1.93. The SMILES string of the molecule is CCOC1CC(O)C12CCN(CC(=O)c1cc(C)[nH]c1C)CC2. The lowest BCUT2D eigenvalue weighted by atomic mass is 9.58. The van der Waals surface area contributed by atoms with Crippen LogP contribution in [0.25, 0.3) is 0 Å². The quantitative estimate of drug-likeness (QED) is 0.815. The highest BCUT2D eigenvalue weighted by Crippen LogP contribution is 2.50. The number of likely N-dealkylation sites (tertiary alicyclic amines) is 1. The number of nitrogens with zero attached hydrogens (tertiary/aromatic N) is 1. The first-order valence-corrected chi connectivity index (χ1v) is 8.67. The van der Waals surface area contributed by atoms with Crippen LogP contribution >= 0.6 is 0 Å². The van der Waals surface area contributed by atoms with Crippen LogP contribution in [-0.4, -0.2) is 59.2 Å². The molecule has 2 N–H and O–H groups in total. The third-order valence-electron chi connectivity index (χ3n) is 5.71. The van der Waals surface area contributed by atoms with E-state index in [1.165, 1.54) is 0 Å². The van der Waals surface area contributed by atoms with Gasteiger partial charge < -0.3 is 14.8 Å². The Kier molecular flexibility index (Phi) is 4.63. The molecule has 1 saturated heterocycles. The number of nitrogens with one attached hydrogen (secondary N) is 1. The van der Waals surface area contributed by atoms with Crippen LogP contribution in [0.15, 0.2) is 6.07 Å². The summed E-state index contributed by atoms with van der Waals surface area (Å²) in [4.78, 5) is 17.9. The Balaban J connectivity index is 1.57. The predicted octanol–water partition coefficient (Wildman–Crippen LogP) is 2.07. The Bertz CT molecular complexity index is 571. The number of aromatic amines is 1. The highest BCUT2D eigenvalue weighted by atomic mass is 16.5. The molecule has 5 nitrogen and oxygen atoms in total. The minimum Gasteiger partial charge on any atom is -0.392 e. The molecule has 2 fully saturated rings. The summed E-state index contributed by atoms with van der Waals surface area (Å²) in [7, 11) is 0. The second kappa shape index (κ2) is 6.38. The molecule has 1 spiro atoms. The van der Waals surface area contributed by atoms with E-state index in [1.54, 1.807) is 0 Å². The molecule has 0 radical (unpaired) electrons. The summed E-state index contributed by atoms with van der Waals surface area (Å²) in [5, 5.41) is 10.2. The molecule has 0 aromatic carbocycles. The molecular formula is C18H28N2O3. The maximum absolute atomic E-state index is 12.5. The van der Waals surface area contributed by atoms with Crippen LogP contribution in [-0.2, 0) is 4.74 Å². The number of hydrogen-bond acceptors (Lipinski definition) is 4. The maximum Gasteiger partial charge on any atom is 0.178 e. The monoisotopic (exact) mass is 320 g/mol. The number of hydrogen-bond donors (Lipinski definition) is 2. The molecule has 2 heterocycles. The second-order valence-corrected chi connectivity index (χ2v) is 7.12. The van der Waals surface area contributed by atoms with E-state index in [4.69, 9.17) is 4.74 Å². The van der Waals surface area contributed by atoms with Crippen molar-refractivity contribution in [2.24, 2.45) is 5.41 Å². The fourth-order valence-corrected chi connectivity index (χ4v) is 4.25. The number of ether oxygens (including phenoxy) is 1. The zero-order valence-electron chi connectivity index (χ0n) is 14.4. The molecule has 0 amide bonds. The van der Waals surface area contributed by atoms with Gasteiger partial charge in [-0.25, -0.2) is 0 Å². The largest absolute Gasteiger partial charge is 0.392 e. The standard InChI is InChI=1S/C18H28N2O3/c1-4-23-17-10-16(22)18(17)5-7-20(8-6-18)11-15(21)14-9-12(2)19-13(14)3/h9,16-17,19,22H,4-8,10-11H2,1-3H3. The number of rotatable bonds is 5. The molecule has 0 bridgehead atoms. The number of H-pyrrole nitrogens is 1. The van der Waals surface area contributed by atoms with Gasteiger partial charge >= 0.3 is 0 Å². The number of Topliss-reactive ketones (excluding diaryl/α,β-unsaturated/α-hetero) is 1. The van der Waals surface area contributed by atoms with Gasteiger partial charge in [-0.2, -0.15) is 0 Å². The van der Waals surface area contributed by atoms with Crippen LogP contribution < -0.4 is 0 Å². The van der Waals surface area contributed by atoms with Gasteiger partial charge in [-0.3, -0.25) is 9.69 Å². The molecule has 5 heteroatoms. The van der Waals surface area contributed by atoms with Crippen molar-refractivity contribution in [3.05, 3.63) is 23.0 Å². The fraction of sp³-hybridized carbons (Fsp3) is 0.722. The summed E-state index contributed by atoms with van der Waals surface area (Å²) >= 11 is 0. The van der Waals surface area contributed by atoms with Gasteiger partial charge in [0.25, 0.3) is 0 Å². The minimum atomic E-state index is -0.244. The van der Waals surface area contributed by atoms with Crippen LogP contribution in [0.3, 0.4) is 0 Å². The van der Waals surface area contributed by atoms with Crippen molar-refractivity contribution >= 4 is 5.78 Å². The van der Waals surface area contributed by atoms with Crippen LogP contribution in [0.5, 0.6) is 0 Å². The summed E-state index contributed by atoms with van der Waals surface area (Å²) in [6.07, 6.45) is 2.53. The molecule has 23 heavy (non-hydrogen) atoms. The number of aliphatic hydroxyl groups is 1. The Morgan fingerprint density at radius 1 is 1.43 bits per heavy atom. The summed E-state index contributed by atoms with van der Waals surface area (Å²) in [6.45, 7) is 8.80. The predicted molar refractivity (Wildman–Crippen MR) is 88.7 cm³/mol. The number of carbonyl (C=O) groups is 1. The van der Waals surface area contributed by atoms with E-state index < -0.39 is 0 Å². The molecule has 2 unspecified atom stereocenters. The molecule has 1 aromatic rings. The van der Waals surface area contributed by atoms with Gasteiger partial charge in [0.15, 0.2) is 5.78 Å². The summed E-state index contributed by atoms with van der Waals surface area (Å²) in [5.74, 6) is 0.179. The fourth-order valence-electron chi connectivity index (χ4n) is 4.25. The molecule has 1 aromatic heterocycles. The van der Waals surface area contributed by atoms with Gasteiger partial charge in [0.1, 0.15) is 0 Å². The molecule has 1 aliphatic heterocycles. The first-order valence-electron chi connectivity index (χ1n) is 8.67. The first kappa shape index (κ1) is 16.7. The maximum atomic E-state index is 12.5. The lowest BCUT2D eigenvalue weighted by Crippen LogP contribution is -2.62. The van der Waals surface area contributed by atoms with Crippen molar-refractivity contribution in [2.45, 2.75) is 52.2 Å². The van der Waals surface area contributed by atoms with E-state index in [9.17, 15) is 9.90 Å². The lowest BCUT2D eigenvalue weighted by molar-refractivity contribution is -0.209. The zero-order chi connectivity index (χ0) is 16.6. The van der Waals surface area contributed by atoms with Crippen molar-refractivity contribution in [1.82, 2.24) is 9.88 Å². The Labute approximate surface area is 138 Å². The number of aliphatic hydroxyl groups excluding tert-OH is 1. The average Bonchev–Trinajstić information content (AvgIpc) is 2.86. The van der Waals surface area contributed by atoms with Crippen LogP contribution in [0.1, 0.15) is 47.9 Å². The van der Waals surface area contributed by atoms with Crippen molar-refractivity contribution in [2.75, 3.05) is 26.2 Å². The molecular weight excluding hydrogens is 292 g/mol. The van der Waals surface area contributed by atoms with Crippen molar-refractivity contribution < 1.29 is 14.6 Å². The van der Waals surface area contributed by atoms with Crippen molar-refractivity contribution in [3.63, 3.8) is 0 Å². The number of ketones is 1. The van der Waals surface area contributed by atoms with E-state index >= 15 is 0 Å². The van der Waals surface area contributed by atoms with E-state index in [0.717, 1.165) is 49.3 Å². The average molecular weight is 320 g/mol. The van der Waals surface area contributed by atoms with Gasteiger partial charge in [-0.05, 0) is 52.8 Å². The summed E-state index contributed by atoms with van der Waals surface area (Å²) in [5.41, 5.74) is 2.71. The number of aryl methyl sites for hydroxylation is 2. The first-order chi connectivity index (χ1) is 11.0. The highest BCUT2D eigenvalue weighted by Gasteiger charge is 2.55. The zero-order valence-corrected chi connectivity index (χ0v) is 14.4. The number of aromatic nitrogens is 1. The smallest absolute Gasteiger partial charge is 0.178 e. The normalized spacial score (nSPS) is 27.1. The van der Waals surface area contributed by atoms with Crippen LogP contribution in [0.2, 0.25) is 0 Å². The van der Waals surface area contributed by atoms with Gasteiger partial charge in [-0.1, -0.05) is 0 Å². The van der Waals surface area contributed by atoms with Gasteiger partial charge in [0, 0.05) is 35.4 Å². The molecule has 1 aliphatic carbocycles. The lowest BCUT2D eigenvalue weighted by Gasteiger charge is -2.56. The highest BCUT2D eigenvalue weighted by molar-refractivity contribution is 5.98. The Morgan fingerprint density at radius 2 is 2.13 bits per heavy atom. The van der Waals surface area contributed by atoms with E-state index in [2.05, 4.69) is 9.88 Å². The van der Waals surface area contributed by atoms with Crippen molar-refractivity contribution in [1.29, 1.82) is 0 Å². The van der Waals surface area contributed by atoms with E-state index in [-0.39, 0.29) is 23.4 Å². The minimum absolute atomic E-state index is 0.0733. The third kappa shape index (κ3) is 2.97. The van der Waals surface area contributed by atoms with E-state index in [0.29, 0.717) is 13.2 Å². The van der Waals surface area contributed by atoms with Crippen molar-refractivity contribution in [3.8, 4) is 0 Å². The summed E-state index contributed by atoms with van der Waals surface area (Å²) < 4.78 is 5.80. The second-order valence-electron chi connectivity index (χ2n) is 7.12. The molecule has 3 rings (SSSR count). The van der Waals surface area contributed by atoms with Gasteiger partial charge in [0.2, 0.25) is 0 Å². The molecule has 2 atom stereocenters. The third-order valence-corrected chi connectivity index (χ3v) is 5.71. The van der Waals surface area contributed by atoms with Crippen LogP contribution in [0.4, 0.5) is 0 Å². The molecule has 2 aliphatic rings. The molecule has 1 saturated carbocycles. The Morgan fingerprint density at radius 3 is 2.65 bits per heavy atom. The van der Waals surface area contributed by atoms with Crippen LogP contribution in [0, 0.1) is 19.3 Å². The van der Waals surface area contributed by atoms with Gasteiger partial charge in [-0.15, -0.1) is 0 Å². The Hall–Kier alpha value is -1.17. The number of carbonyl (C=O) groups excluding carboxylic acids is 1. The molecule has 128 valence electrons. The van der Waals surface area contributed by atoms with E-state index in [1.807, 2.05) is 26.8 Å². The van der Waals surface area contributed by atoms with Gasteiger partial charge in [0.05, 0.1) is 18.8 Å². The topological polar surface area (TPSA) is 65.6 Å². The number of piperidine rings is 1.